The number of aliphatic carboxylic acids is 1. The topological polar surface area (TPSA) is 100 Å². The number of hydrazine groups is 1. The summed E-state index contributed by atoms with van der Waals surface area (Å²) in [4.78, 5) is 27.6. The normalized spacial score (nSPS) is 17.6. The summed E-state index contributed by atoms with van der Waals surface area (Å²) in [5, 5.41) is 12.9. The van der Waals surface area contributed by atoms with Crippen LogP contribution in [0.15, 0.2) is 12.5 Å². The van der Waals surface area contributed by atoms with Gasteiger partial charge in [0.05, 0.1) is 12.2 Å². The van der Waals surface area contributed by atoms with E-state index in [0.29, 0.717) is 0 Å². The number of carboxylic acids is 1. The lowest BCUT2D eigenvalue weighted by molar-refractivity contribution is -0.142. The number of carbonyl (C=O) groups excluding carboxylic acids is 1. The minimum atomic E-state index is -1.17. The molecule has 1 aliphatic rings. The zero-order chi connectivity index (χ0) is 14.6. The zero-order valence-electron chi connectivity index (χ0n) is 11.3. The van der Waals surface area contributed by atoms with Crippen molar-refractivity contribution in [1.29, 1.82) is 0 Å². The second-order valence-electron chi connectivity index (χ2n) is 5.10. The summed E-state index contributed by atoms with van der Waals surface area (Å²) >= 11 is 0. The van der Waals surface area contributed by atoms with Crippen LogP contribution < -0.4 is 10.9 Å². The second-order valence-corrected chi connectivity index (χ2v) is 5.10. The number of amides is 1. The Morgan fingerprint density at radius 2 is 2.11 bits per heavy atom. The summed E-state index contributed by atoms with van der Waals surface area (Å²) in [5.74, 6) is -1.17. The van der Waals surface area contributed by atoms with Crippen LogP contribution in [0.3, 0.4) is 0 Å². The van der Waals surface area contributed by atoms with Crippen LogP contribution >= 0.6 is 0 Å². The lowest BCUT2D eigenvalue weighted by Gasteiger charge is -2.29. The highest BCUT2D eigenvalue weighted by Crippen LogP contribution is 2.10. The van der Waals surface area contributed by atoms with Crippen LogP contribution in [0, 0.1) is 0 Å². The van der Waals surface area contributed by atoms with Gasteiger partial charge in [-0.15, -0.1) is 0 Å². The first-order chi connectivity index (χ1) is 8.70. The maximum absolute atomic E-state index is 11.6. The number of rotatable bonds is 4. The molecular weight excluding hydrogens is 254 g/mol. The molecule has 1 amide bonds. The predicted octanol–water partition coefficient (Wildman–Crippen LogP) is 0.576. The van der Waals surface area contributed by atoms with Gasteiger partial charge >= 0.3 is 12.1 Å². The molecule has 0 fully saturated rings. The van der Waals surface area contributed by atoms with Gasteiger partial charge in [-0.3, -0.25) is 5.01 Å². The van der Waals surface area contributed by atoms with E-state index in [0.717, 1.165) is 0 Å². The maximum atomic E-state index is 11.6. The Morgan fingerprint density at radius 3 is 2.53 bits per heavy atom. The first kappa shape index (κ1) is 15.1. The van der Waals surface area contributed by atoms with Crippen LogP contribution in [0.4, 0.5) is 4.79 Å². The largest absolute Gasteiger partial charge is 0.480 e. The Kier molecular flexibility index (Phi) is 4.60. The molecule has 3 N–H and O–H groups in total. The van der Waals surface area contributed by atoms with Crippen molar-refractivity contribution in [1.82, 2.24) is 15.9 Å². The van der Waals surface area contributed by atoms with E-state index in [1.807, 2.05) is 0 Å². The Hall–Kier alpha value is -1.96. The van der Waals surface area contributed by atoms with Crippen molar-refractivity contribution in [3.8, 4) is 0 Å². The van der Waals surface area contributed by atoms with Gasteiger partial charge in [-0.25, -0.2) is 9.59 Å². The summed E-state index contributed by atoms with van der Waals surface area (Å²) in [6, 6.07) is -1.71. The van der Waals surface area contributed by atoms with E-state index in [4.69, 9.17) is 14.7 Å². The number of nitrogens with zero attached hydrogens (tertiary/aromatic N) is 1. The highest BCUT2D eigenvalue weighted by Gasteiger charge is 2.32. The molecule has 0 aromatic heterocycles. The van der Waals surface area contributed by atoms with Crippen LogP contribution in [-0.2, 0) is 14.4 Å². The number of carbonyl (C=O) groups is 2. The van der Waals surface area contributed by atoms with E-state index >= 15 is 0 Å². The summed E-state index contributed by atoms with van der Waals surface area (Å²) < 4.78 is 5.03. The van der Waals surface area contributed by atoms with Crippen LogP contribution in [-0.4, -0.2) is 39.9 Å². The van der Waals surface area contributed by atoms with Crippen molar-refractivity contribution in [2.24, 2.45) is 0 Å². The molecule has 1 heterocycles. The molecule has 0 bridgehead atoms. The third-order valence-electron chi connectivity index (χ3n) is 2.31. The van der Waals surface area contributed by atoms with E-state index in [2.05, 4.69) is 10.9 Å². The molecule has 2 atom stereocenters. The van der Waals surface area contributed by atoms with Gasteiger partial charge in [0, 0.05) is 0 Å². The van der Waals surface area contributed by atoms with Crippen molar-refractivity contribution in [3.05, 3.63) is 12.5 Å². The summed E-state index contributed by atoms with van der Waals surface area (Å²) in [6.07, 6.45) is 2.11. The quantitative estimate of drug-likeness (QED) is 0.688. The molecular formula is C11H19N3O5. The van der Waals surface area contributed by atoms with Gasteiger partial charge in [0.2, 0.25) is 0 Å². The van der Waals surface area contributed by atoms with E-state index in [9.17, 15) is 9.59 Å². The van der Waals surface area contributed by atoms with E-state index in [1.54, 1.807) is 27.7 Å². The van der Waals surface area contributed by atoms with Gasteiger partial charge in [-0.05, 0) is 27.7 Å². The van der Waals surface area contributed by atoms with Crippen molar-refractivity contribution in [2.75, 3.05) is 0 Å². The van der Waals surface area contributed by atoms with Gasteiger partial charge < -0.3 is 20.0 Å². The van der Waals surface area contributed by atoms with Crippen LogP contribution in [0.5, 0.6) is 0 Å². The average Bonchev–Trinajstić information content (AvgIpc) is 2.75. The molecule has 8 nitrogen and oxygen atoms in total. The SMILES string of the molecule is CC(C(NC(=O)OC(C)(C)C)C(=O)O)N1C=CON1. The fraction of sp³-hybridized carbons (Fsp3) is 0.636. The Morgan fingerprint density at radius 1 is 1.47 bits per heavy atom. The molecule has 0 aliphatic carbocycles. The lowest BCUT2D eigenvalue weighted by atomic mass is 10.1. The van der Waals surface area contributed by atoms with Crippen LogP contribution in [0.1, 0.15) is 27.7 Å². The Balaban J connectivity index is 2.65. The van der Waals surface area contributed by atoms with E-state index in [1.165, 1.54) is 17.5 Å². The number of alkyl carbamates (subject to hydrolysis) is 1. The monoisotopic (exact) mass is 273 g/mol. The first-order valence-corrected chi connectivity index (χ1v) is 5.79. The van der Waals surface area contributed by atoms with E-state index < -0.39 is 29.7 Å². The van der Waals surface area contributed by atoms with Crippen LogP contribution in [0.2, 0.25) is 0 Å². The third-order valence-corrected chi connectivity index (χ3v) is 2.31. The molecule has 1 rings (SSSR count). The van der Waals surface area contributed by atoms with E-state index in [-0.39, 0.29) is 0 Å². The van der Waals surface area contributed by atoms with Gasteiger partial charge in [0.25, 0.3) is 0 Å². The van der Waals surface area contributed by atoms with Gasteiger partial charge in [0.1, 0.15) is 11.9 Å². The lowest BCUT2D eigenvalue weighted by Crippen LogP contribution is -2.55. The minimum absolute atomic E-state index is 0.566. The maximum Gasteiger partial charge on any atom is 0.408 e. The molecule has 0 aromatic rings. The first-order valence-electron chi connectivity index (χ1n) is 5.79. The van der Waals surface area contributed by atoms with Crippen LogP contribution in [0.25, 0.3) is 0 Å². The number of ether oxygens (including phenoxy) is 1. The second kappa shape index (κ2) is 5.79. The fourth-order valence-corrected chi connectivity index (χ4v) is 1.42. The molecule has 0 saturated carbocycles. The van der Waals surface area contributed by atoms with Crippen molar-refractivity contribution < 1.29 is 24.3 Å². The zero-order valence-corrected chi connectivity index (χ0v) is 11.3. The fourth-order valence-electron chi connectivity index (χ4n) is 1.42. The van der Waals surface area contributed by atoms with Crippen molar-refractivity contribution in [2.45, 2.75) is 45.4 Å². The number of nitrogens with one attached hydrogen (secondary N) is 2. The molecule has 19 heavy (non-hydrogen) atoms. The molecule has 0 saturated heterocycles. The number of carboxylic acid groups (broad SMARTS) is 1. The number of hydrogen-bond acceptors (Lipinski definition) is 6. The third kappa shape index (κ3) is 4.66. The molecule has 108 valence electrons. The van der Waals surface area contributed by atoms with Crippen molar-refractivity contribution in [3.63, 3.8) is 0 Å². The molecule has 0 spiro atoms. The molecule has 8 heteroatoms. The Bertz CT molecular complexity index is 377. The molecule has 0 radical (unpaired) electrons. The highest BCUT2D eigenvalue weighted by molar-refractivity contribution is 5.80. The average molecular weight is 273 g/mol. The Labute approximate surface area is 111 Å². The number of hydrogen-bond donors (Lipinski definition) is 3. The van der Waals surface area contributed by atoms with Crippen molar-refractivity contribution >= 4 is 12.1 Å². The predicted molar refractivity (Wildman–Crippen MR) is 65.5 cm³/mol. The standard InChI is InChI=1S/C11H19N3O5/c1-7(14-5-6-18-13-14)8(9(15)16)12-10(17)19-11(2,3)4/h5-8,13H,1-4H3,(H,12,17)(H,15,16). The summed E-state index contributed by atoms with van der Waals surface area (Å²) in [6.45, 7) is 6.72. The molecule has 1 aliphatic heterocycles. The summed E-state index contributed by atoms with van der Waals surface area (Å²) in [7, 11) is 0. The smallest absolute Gasteiger partial charge is 0.408 e. The minimum Gasteiger partial charge on any atom is -0.480 e. The summed E-state index contributed by atoms with van der Waals surface area (Å²) in [5.41, 5.74) is 1.79. The van der Waals surface area contributed by atoms with Gasteiger partial charge in [-0.2, -0.15) is 0 Å². The molecule has 0 aromatic carbocycles. The van der Waals surface area contributed by atoms with Gasteiger partial charge in [0.15, 0.2) is 6.04 Å². The molecule has 2 unspecified atom stereocenters. The van der Waals surface area contributed by atoms with Gasteiger partial charge in [-0.1, -0.05) is 5.59 Å². The highest BCUT2D eigenvalue weighted by atomic mass is 16.7.